The molecular weight excluding hydrogens is 280 g/mol. The molecule has 2 aliphatic rings. The third-order valence-corrected chi connectivity index (χ3v) is 4.14. The van der Waals surface area contributed by atoms with Crippen molar-refractivity contribution in [3.8, 4) is 0 Å². The molecule has 1 aliphatic carbocycles. The monoisotopic (exact) mass is 294 g/mol. The summed E-state index contributed by atoms with van der Waals surface area (Å²) in [7, 11) is 0. The second kappa shape index (κ2) is 4.42. The van der Waals surface area contributed by atoms with E-state index < -0.39 is 0 Å². The topological polar surface area (TPSA) is 47.6 Å². The molecule has 1 fully saturated rings. The summed E-state index contributed by atoms with van der Waals surface area (Å²) in [6.07, 6.45) is 3.19. The van der Waals surface area contributed by atoms with Gasteiger partial charge < -0.3 is 10.5 Å². The zero-order valence-corrected chi connectivity index (χ0v) is 11.1. The Morgan fingerprint density at radius 3 is 2.94 bits per heavy atom. The number of ether oxygens (including phenoxy) is 1. The number of nitrogens with zero attached hydrogens (tertiary/aromatic N) is 1. The fourth-order valence-corrected chi connectivity index (χ4v) is 2.96. The van der Waals surface area contributed by atoms with Crippen molar-refractivity contribution in [2.45, 2.75) is 37.5 Å². The molecule has 0 aromatic heterocycles. The molecule has 1 heterocycles. The predicted octanol–water partition coefficient (Wildman–Crippen LogP) is 2.47. The van der Waals surface area contributed by atoms with Gasteiger partial charge in [0, 0.05) is 16.9 Å². The molecule has 3 rings (SSSR count). The van der Waals surface area contributed by atoms with Crippen molar-refractivity contribution in [1.29, 1.82) is 0 Å². The molecule has 17 heavy (non-hydrogen) atoms. The highest BCUT2D eigenvalue weighted by atomic mass is 79.9. The summed E-state index contributed by atoms with van der Waals surface area (Å²) in [6.45, 7) is 0. The predicted molar refractivity (Wildman–Crippen MR) is 71.2 cm³/mol. The number of nitrogens with two attached hydrogens (primary N) is 1. The highest BCUT2D eigenvalue weighted by Crippen LogP contribution is 2.31. The van der Waals surface area contributed by atoms with Crippen LogP contribution in [0.3, 0.4) is 0 Å². The fraction of sp³-hybridized carbons (Fsp3) is 0.462. The van der Waals surface area contributed by atoms with Crippen LogP contribution in [-0.2, 0) is 4.74 Å². The molecule has 0 saturated heterocycles. The SMILES string of the molecule is NC1CCC2N=C(c3ccccc3Br)OC2C1. The van der Waals surface area contributed by atoms with E-state index in [2.05, 4.69) is 20.9 Å². The second-order valence-corrected chi connectivity index (χ2v) is 5.57. The highest BCUT2D eigenvalue weighted by Gasteiger charge is 2.36. The van der Waals surface area contributed by atoms with Gasteiger partial charge in [0.15, 0.2) is 0 Å². The molecule has 3 atom stereocenters. The van der Waals surface area contributed by atoms with Crippen LogP contribution in [0.15, 0.2) is 33.7 Å². The Bertz CT molecular complexity index is 460. The fourth-order valence-electron chi connectivity index (χ4n) is 2.51. The first kappa shape index (κ1) is 11.2. The number of benzene rings is 1. The van der Waals surface area contributed by atoms with Crippen LogP contribution < -0.4 is 5.73 Å². The Hall–Kier alpha value is -0.870. The smallest absolute Gasteiger partial charge is 0.217 e. The lowest BCUT2D eigenvalue weighted by Crippen LogP contribution is -2.37. The van der Waals surface area contributed by atoms with Gasteiger partial charge in [-0.25, -0.2) is 4.99 Å². The number of fused-ring (bicyclic) bond motifs is 1. The summed E-state index contributed by atoms with van der Waals surface area (Å²) in [5, 5.41) is 0. The molecule has 3 unspecified atom stereocenters. The Balaban J connectivity index is 1.85. The molecule has 2 N–H and O–H groups in total. The van der Waals surface area contributed by atoms with Gasteiger partial charge in [0.05, 0.1) is 11.6 Å². The maximum atomic E-state index is 5.96. The molecule has 1 saturated carbocycles. The average Bonchev–Trinajstić information content (AvgIpc) is 2.72. The highest BCUT2D eigenvalue weighted by molar-refractivity contribution is 9.10. The van der Waals surface area contributed by atoms with Crippen molar-refractivity contribution in [1.82, 2.24) is 0 Å². The van der Waals surface area contributed by atoms with Gasteiger partial charge >= 0.3 is 0 Å². The van der Waals surface area contributed by atoms with E-state index in [1.807, 2.05) is 24.3 Å². The van der Waals surface area contributed by atoms with Crippen LogP contribution in [0, 0.1) is 0 Å². The van der Waals surface area contributed by atoms with Gasteiger partial charge in [-0.1, -0.05) is 12.1 Å². The molecule has 0 bridgehead atoms. The summed E-state index contributed by atoms with van der Waals surface area (Å²) in [5.74, 6) is 0.765. The van der Waals surface area contributed by atoms with Crippen LogP contribution in [0.2, 0.25) is 0 Å². The van der Waals surface area contributed by atoms with Crippen molar-refractivity contribution in [3.63, 3.8) is 0 Å². The van der Waals surface area contributed by atoms with E-state index in [1.165, 1.54) is 0 Å². The number of hydrogen-bond donors (Lipinski definition) is 1. The molecule has 0 radical (unpaired) electrons. The minimum atomic E-state index is 0.181. The largest absolute Gasteiger partial charge is 0.472 e. The maximum Gasteiger partial charge on any atom is 0.217 e. The summed E-state index contributed by atoms with van der Waals surface area (Å²) < 4.78 is 6.97. The lowest BCUT2D eigenvalue weighted by atomic mass is 9.90. The van der Waals surface area contributed by atoms with E-state index >= 15 is 0 Å². The zero-order chi connectivity index (χ0) is 11.8. The zero-order valence-electron chi connectivity index (χ0n) is 9.47. The molecule has 3 nitrogen and oxygen atoms in total. The van der Waals surface area contributed by atoms with Gasteiger partial charge in [-0.05, 0) is 40.9 Å². The van der Waals surface area contributed by atoms with Crippen molar-refractivity contribution in [2.24, 2.45) is 10.7 Å². The molecule has 1 aromatic carbocycles. The summed E-state index contributed by atoms with van der Waals surface area (Å²) in [6, 6.07) is 8.60. The van der Waals surface area contributed by atoms with Gasteiger partial charge in [-0.3, -0.25) is 0 Å². The Kier molecular flexibility index (Phi) is 2.92. The second-order valence-electron chi connectivity index (χ2n) is 4.71. The van der Waals surface area contributed by atoms with E-state index in [0.717, 1.165) is 35.2 Å². The van der Waals surface area contributed by atoms with E-state index in [4.69, 9.17) is 10.5 Å². The molecule has 0 amide bonds. The summed E-state index contributed by atoms with van der Waals surface area (Å²) >= 11 is 3.53. The van der Waals surface area contributed by atoms with Gasteiger partial charge in [0.25, 0.3) is 0 Å². The van der Waals surface area contributed by atoms with Gasteiger partial charge in [-0.2, -0.15) is 0 Å². The maximum absolute atomic E-state index is 5.96. The Morgan fingerprint density at radius 1 is 1.29 bits per heavy atom. The van der Waals surface area contributed by atoms with E-state index in [1.54, 1.807) is 0 Å². The molecule has 4 heteroatoms. The standard InChI is InChI=1S/C13H15BrN2O/c14-10-4-2-1-3-9(10)13-16-11-6-5-8(15)7-12(11)17-13/h1-4,8,11-12H,5-7,15H2. The number of aliphatic imine (C=N–C) groups is 1. The van der Waals surface area contributed by atoms with Gasteiger partial charge in [0.1, 0.15) is 6.10 Å². The first-order valence-corrected chi connectivity index (χ1v) is 6.78. The van der Waals surface area contributed by atoms with Crippen LogP contribution in [0.25, 0.3) is 0 Å². The minimum Gasteiger partial charge on any atom is -0.472 e. The van der Waals surface area contributed by atoms with E-state index in [9.17, 15) is 0 Å². The quantitative estimate of drug-likeness (QED) is 0.865. The van der Waals surface area contributed by atoms with Crippen LogP contribution in [0.4, 0.5) is 0 Å². The van der Waals surface area contributed by atoms with Crippen molar-refractivity contribution >= 4 is 21.8 Å². The van der Waals surface area contributed by atoms with Gasteiger partial charge in [0.2, 0.25) is 5.90 Å². The summed E-state index contributed by atoms with van der Waals surface area (Å²) in [5.41, 5.74) is 7.00. The van der Waals surface area contributed by atoms with Crippen LogP contribution in [0.1, 0.15) is 24.8 Å². The van der Waals surface area contributed by atoms with Crippen LogP contribution in [-0.4, -0.2) is 24.1 Å². The lowest BCUT2D eigenvalue weighted by Gasteiger charge is -2.26. The third kappa shape index (κ3) is 2.11. The number of halogens is 1. The molecule has 1 aromatic rings. The minimum absolute atomic E-state index is 0.181. The van der Waals surface area contributed by atoms with E-state index in [-0.39, 0.29) is 12.1 Å². The normalized spacial score (nSPS) is 31.6. The van der Waals surface area contributed by atoms with Crippen molar-refractivity contribution in [3.05, 3.63) is 34.3 Å². The summed E-state index contributed by atoms with van der Waals surface area (Å²) in [4.78, 5) is 4.68. The third-order valence-electron chi connectivity index (χ3n) is 3.45. The Labute approximate surface area is 109 Å². The van der Waals surface area contributed by atoms with Gasteiger partial charge in [-0.15, -0.1) is 0 Å². The van der Waals surface area contributed by atoms with E-state index in [0.29, 0.717) is 6.04 Å². The lowest BCUT2D eigenvalue weighted by molar-refractivity contribution is 0.142. The van der Waals surface area contributed by atoms with Crippen LogP contribution >= 0.6 is 15.9 Å². The average molecular weight is 295 g/mol. The molecular formula is C13H15BrN2O. The molecule has 0 spiro atoms. The first-order chi connectivity index (χ1) is 8.24. The van der Waals surface area contributed by atoms with Crippen molar-refractivity contribution < 1.29 is 4.74 Å². The van der Waals surface area contributed by atoms with Crippen molar-refractivity contribution in [2.75, 3.05) is 0 Å². The van der Waals surface area contributed by atoms with Crippen LogP contribution in [0.5, 0.6) is 0 Å². The first-order valence-electron chi connectivity index (χ1n) is 5.99. The molecule has 90 valence electrons. The Morgan fingerprint density at radius 2 is 2.12 bits per heavy atom. The number of hydrogen-bond acceptors (Lipinski definition) is 3. The molecule has 1 aliphatic heterocycles. The number of rotatable bonds is 1.